The molecule has 6 rings (SSSR count). The number of hydrogen-bond acceptors (Lipinski definition) is 4. The van der Waals surface area contributed by atoms with Gasteiger partial charge in [-0.1, -0.05) is 24.3 Å². The van der Waals surface area contributed by atoms with Crippen LogP contribution in [0.2, 0.25) is 0 Å². The van der Waals surface area contributed by atoms with Gasteiger partial charge in [0.2, 0.25) is 0 Å². The molecule has 0 saturated carbocycles. The Hall–Kier alpha value is -3.61. The zero-order valence-corrected chi connectivity index (χ0v) is 18.4. The molecule has 0 atom stereocenters. The maximum atomic E-state index is 13.3. The zero-order valence-electron chi connectivity index (χ0n) is 16.7. The van der Waals surface area contributed by atoms with Gasteiger partial charge in [0.25, 0.3) is 0 Å². The summed E-state index contributed by atoms with van der Waals surface area (Å²) in [5.41, 5.74) is 5.77. The Bertz CT molecular complexity index is 1450. The second-order valence-corrected chi connectivity index (χ2v) is 9.43. The normalized spacial score (nSPS) is 11.3. The summed E-state index contributed by atoms with van der Waals surface area (Å²) in [6.45, 7) is 0. The number of thiazole rings is 2. The number of para-hydroxylation sites is 2. The van der Waals surface area contributed by atoms with Gasteiger partial charge in [-0.05, 0) is 72.3 Å². The Balaban J connectivity index is 1.49. The van der Waals surface area contributed by atoms with Crippen LogP contribution in [-0.2, 0) is 0 Å². The summed E-state index contributed by atoms with van der Waals surface area (Å²) < 4.78 is 15.6. The van der Waals surface area contributed by atoms with Crippen LogP contribution in [0.3, 0.4) is 0 Å². The van der Waals surface area contributed by atoms with Gasteiger partial charge in [0, 0.05) is 17.0 Å². The lowest BCUT2D eigenvalue weighted by Gasteiger charge is -2.01. The van der Waals surface area contributed by atoms with Crippen molar-refractivity contribution in [3.63, 3.8) is 0 Å². The minimum absolute atomic E-state index is 0.241. The molecule has 6 aromatic rings. The molecular weight excluding hydrogens is 437 g/mol. The Morgan fingerprint density at radius 1 is 0.719 bits per heavy atom. The number of benzene rings is 3. The van der Waals surface area contributed by atoms with Crippen molar-refractivity contribution in [2.75, 3.05) is 0 Å². The van der Waals surface area contributed by atoms with Gasteiger partial charge >= 0.3 is 0 Å². The van der Waals surface area contributed by atoms with Crippen LogP contribution in [0.4, 0.5) is 4.39 Å². The lowest BCUT2D eigenvalue weighted by atomic mass is 10.1. The number of aromatic amines is 1. The van der Waals surface area contributed by atoms with E-state index in [-0.39, 0.29) is 5.82 Å². The van der Waals surface area contributed by atoms with Crippen molar-refractivity contribution in [3.8, 4) is 11.3 Å². The monoisotopic (exact) mass is 453 g/mol. The summed E-state index contributed by atoms with van der Waals surface area (Å²) in [7, 11) is 0. The average molecular weight is 454 g/mol. The fourth-order valence-corrected chi connectivity index (χ4v) is 5.67. The maximum absolute atomic E-state index is 13.3. The van der Waals surface area contributed by atoms with Gasteiger partial charge < -0.3 is 4.98 Å². The van der Waals surface area contributed by atoms with E-state index in [1.807, 2.05) is 48.5 Å². The molecule has 0 bridgehead atoms. The molecule has 0 aliphatic heterocycles. The van der Waals surface area contributed by atoms with E-state index < -0.39 is 0 Å². The number of H-pyrrole nitrogens is 1. The van der Waals surface area contributed by atoms with Crippen LogP contribution in [0.5, 0.6) is 0 Å². The van der Waals surface area contributed by atoms with Crippen LogP contribution in [0.25, 0.3) is 43.3 Å². The van der Waals surface area contributed by atoms with Crippen molar-refractivity contribution in [2.24, 2.45) is 0 Å². The summed E-state index contributed by atoms with van der Waals surface area (Å²) in [6.07, 6.45) is 2.10. The quantitative estimate of drug-likeness (QED) is 0.298. The largest absolute Gasteiger partial charge is 0.355 e. The third kappa shape index (κ3) is 3.53. The summed E-state index contributed by atoms with van der Waals surface area (Å²) >= 11 is 3.33. The minimum Gasteiger partial charge on any atom is -0.355 e. The highest BCUT2D eigenvalue weighted by molar-refractivity contribution is 7.22. The molecule has 0 spiro atoms. The highest BCUT2D eigenvalue weighted by Crippen LogP contribution is 2.36. The Labute approximate surface area is 191 Å². The van der Waals surface area contributed by atoms with Gasteiger partial charge in [-0.3, -0.25) is 0 Å². The Morgan fingerprint density at radius 2 is 1.31 bits per heavy atom. The van der Waals surface area contributed by atoms with Crippen molar-refractivity contribution in [2.45, 2.75) is 0 Å². The highest BCUT2D eigenvalue weighted by Gasteiger charge is 2.16. The van der Waals surface area contributed by atoms with Crippen LogP contribution in [-0.4, -0.2) is 15.0 Å². The molecule has 0 radical (unpaired) electrons. The van der Waals surface area contributed by atoms with Crippen LogP contribution in [0, 0.1) is 5.82 Å². The predicted molar refractivity (Wildman–Crippen MR) is 132 cm³/mol. The summed E-state index contributed by atoms with van der Waals surface area (Å²) in [6, 6.07) is 26.9. The fraction of sp³-hybridized carbons (Fsp3) is 0. The smallest absolute Gasteiger partial charge is 0.127 e. The first kappa shape index (κ1) is 19.1. The van der Waals surface area contributed by atoms with Crippen LogP contribution < -0.4 is 0 Å². The second kappa shape index (κ2) is 7.82. The lowest BCUT2D eigenvalue weighted by Crippen LogP contribution is -1.87. The first-order valence-electron chi connectivity index (χ1n) is 10.1. The van der Waals surface area contributed by atoms with E-state index >= 15 is 0 Å². The minimum atomic E-state index is -0.241. The first-order valence-corrected chi connectivity index (χ1v) is 11.7. The highest BCUT2D eigenvalue weighted by atomic mass is 32.1. The van der Waals surface area contributed by atoms with Gasteiger partial charge in [0.15, 0.2) is 0 Å². The van der Waals surface area contributed by atoms with E-state index in [1.165, 1.54) is 12.1 Å². The first-order chi connectivity index (χ1) is 15.7. The number of nitrogens with one attached hydrogen (secondary N) is 1. The molecule has 0 fully saturated rings. The number of hydrogen-bond donors (Lipinski definition) is 1. The number of nitrogens with zero attached hydrogens (tertiary/aromatic N) is 2. The molecule has 0 aliphatic carbocycles. The molecule has 0 aliphatic rings. The molecule has 3 heterocycles. The summed E-state index contributed by atoms with van der Waals surface area (Å²) in [5, 5.41) is 1.87. The van der Waals surface area contributed by atoms with Crippen molar-refractivity contribution in [1.82, 2.24) is 15.0 Å². The van der Waals surface area contributed by atoms with Gasteiger partial charge in [-0.25, -0.2) is 14.4 Å². The van der Waals surface area contributed by atoms with E-state index in [1.54, 1.807) is 34.8 Å². The van der Waals surface area contributed by atoms with Crippen LogP contribution in [0.15, 0.2) is 84.9 Å². The van der Waals surface area contributed by atoms with Gasteiger partial charge in [-0.2, -0.15) is 0 Å². The van der Waals surface area contributed by atoms with Gasteiger partial charge in [0.05, 0.1) is 20.4 Å². The van der Waals surface area contributed by atoms with E-state index in [0.717, 1.165) is 53.0 Å². The molecule has 6 heteroatoms. The van der Waals surface area contributed by atoms with E-state index in [2.05, 4.69) is 23.2 Å². The predicted octanol–water partition coefficient (Wildman–Crippen LogP) is 7.63. The SMILES string of the molecule is Fc1ccc(-c2ccc(C=C(c3nc4ccccc4s3)c3nc4ccccc4s3)[nH]2)cc1. The van der Waals surface area contributed by atoms with E-state index in [4.69, 9.17) is 9.97 Å². The van der Waals surface area contributed by atoms with Crippen molar-refractivity contribution < 1.29 is 4.39 Å². The number of fused-ring (bicyclic) bond motifs is 2. The zero-order chi connectivity index (χ0) is 21.5. The molecule has 3 aromatic heterocycles. The van der Waals surface area contributed by atoms with Crippen LogP contribution >= 0.6 is 22.7 Å². The van der Waals surface area contributed by atoms with Crippen molar-refractivity contribution in [3.05, 3.63) is 106 Å². The third-order valence-corrected chi connectivity index (χ3v) is 7.35. The number of aromatic nitrogens is 3. The molecule has 3 nitrogen and oxygen atoms in total. The molecule has 0 saturated heterocycles. The standard InChI is InChI=1S/C26H16FN3S2/c27-17-11-9-16(10-12-17)20-14-13-18(28-20)15-19(25-29-21-5-1-3-7-23(21)31-25)26-30-22-6-2-4-8-24(22)32-26/h1-15,28H. The Morgan fingerprint density at radius 3 is 1.91 bits per heavy atom. The molecular formula is C26H16FN3S2. The molecule has 154 valence electrons. The molecule has 32 heavy (non-hydrogen) atoms. The van der Waals surface area contributed by atoms with Gasteiger partial charge in [0.1, 0.15) is 15.8 Å². The molecule has 3 aromatic carbocycles. The van der Waals surface area contributed by atoms with Gasteiger partial charge in [-0.15, -0.1) is 22.7 Å². The molecule has 1 N–H and O–H groups in total. The van der Waals surface area contributed by atoms with E-state index in [0.29, 0.717) is 0 Å². The van der Waals surface area contributed by atoms with Crippen LogP contribution in [0.1, 0.15) is 15.7 Å². The number of halogens is 1. The van der Waals surface area contributed by atoms with E-state index in [9.17, 15) is 4.39 Å². The summed E-state index contributed by atoms with van der Waals surface area (Å²) in [5.74, 6) is -0.241. The third-order valence-electron chi connectivity index (χ3n) is 5.21. The molecule has 0 amide bonds. The topological polar surface area (TPSA) is 41.6 Å². The average Bonchev–Trinajstić information content (AvgIpc) is 3.55. The lowest BCUT2D eigenvalue weighted by molar-refractivity contribution is 0.628. The van der Waals surface area contributed by atoms with Crippen molar-refractivity contribution >= 4 is 54.8 Å². The van der Waals surface area contributed by atoms with Crippen molar-refractivity contribution in [1.29, 1.82) is 0 Å². The summed E-state index contributed by atoms with van der Waals surface area (Å²) in [4.78, 5) is 13.2. The molecule has 0 unspecified atom stereocenters. The number of rotatable bonds is 4. The Kier molecular flexibility index (Phi) is 4.67. The second-order valence-electron chi connectivity index (χ2n) is 7.37. The maximum Gasteiger partial charge on any atom is 0.127 e. The fourth-order valence-electron chi connectivity index (χ4n) is 3.64.